The van der Waals surface area contributed by atoms with Crippen molar-refractivity contribution in [3.63, 3.8) is 0 Å². The largest absolute Gasteiger partial charge is 0.513 e. The van der Waals surface area contributed by atoms with Crippen LogP contribution in [0.25, 0.3) is 0 Å². The van der Waals surface area contributed by atoms with Crippen LogP contribution in [-0.2, 0) is 11.3 Å². The number of carbonyl (C=O) groups excluding carboxylic acids is 1. The quantitative estimate of drug-likeness (QED) is 0.486. The fourth-order valence-electron chi connectivity index (χ4n) is 2.22. The molecule has 0 amide bonds. The minimum Gasteiger partial charge on any atom is -0.493 e. The predicted molar refractivity (Wildman–Crippen MR) is 98.6 cm³/mol. The Morgan fingerprint density at radius 2 is 1.72 bits per heavy atom. The number of ether oxygens (including phenoxy) is 4. The van der Waals surface area contributed by atoms with Gasteiger partial charge in [-0.1, -0.05) is 6.07 Å². The molecule has 25 heavy (non-hydrogen) atoms. The summed E-state index contributed by atoms with van der Waals surface area (Å²) in [6.45, 7) is 6.62. The number of aryl methyl sites for hydroxylation is 2. The van der Waals surface area contributed by atoms with Crippen LogP contribution in [0.4, 0.5) is 4.79 Å². The zero-order valence-electron chi connectivity index (χ0n) is 14.7. The van der Waals surface area contributed by atoms with Crippen LogP contribution in [0.15, 0.2) is 34.8 Å². The highest BCUT2D eigenvalue weighted by atomic mass is 79.9. The average molecular weight is 409 g/mol. The SMILES string of the molecule is CCOc1cccc(OC(=O)OC)c1COc1cc(C)c(C)cc1Br. The molecule has 6 heteroatoms. The summed E-state index contributed by atoms with van der Waals surface area (Å²) in [7, 11) is 1.26. The van der Waals surface area contributed by atoms with Crippen LogP contribution in [0.5, 0.6) is 17.2 Å². The maximum Gasteiger partial charge on any atom is 0.513 e. The van der Waals surface area contributed by atoms with E-state index < -0.39 is 6.16 Å². The molecule has 0 heterocycles. The number of rotatable bonds is 6. The monoisotopic (exact) mass is 408 g/mol. The normalized spacial score (nSPS) is 10.3. The molecule has 0 saturated heterocycles. The molecule has 0 aliphatic rings. The second kappa shape index (κ2) is 8.76. The number of hydrogen-bond donors (Lipinski definition) is 0. The molecule has 0 aliphatic carbocycles. The van der Waals surface area contributed by atoms with E-state index in [0.717, 1.165) is 10.0 Å². The van der Waals surface area contributed by atoms with E-state index in [1.165, 1.54) is 12.7 Å². The van der Waals surface area contributed by atoms with Gasteiger partial charge in [0.05, 0.1) is 23.8 Å². The average Bonchev–Trinajstić information content (AvgIpc) is 2.58. The van der Waals surface area contributed by atoms with Crippen molar-refractivity contribution in [3.8, 4) is 17.2 Å². The maximum absolute atomic E-state index is 11.5. The van der Waals surface area contributed by atoms with Gasteiger partial charge in [0.2, 0.25) is 0 Å². The van der Waals surface area contributed by atoms with Gasteiger partial charge in [0.15, 0.2) is 0 Å². The van der Waals surface area contributed by atoms with Crippen LogP contribution in [0.3, 0.4) is 0 Å². The summed E-state index contributed by atoms with van der Waals surface area (Å²) in [5.41, 5.74) is 2.94. The zero-order valence-corrected chi connectivity index (χ0v) is 16.3. The van der Waals surface area contributed by atoms with E-state index in [2.05, 4.69) is 20.7 Å². The Morgan fingerprint density at radius 1 is 1.04 bits per heavy atom. The fourth-order valence-corrected chi connectivity index (χ4v) is 2.79. The lowest BCUT2D eigenvalue weighted by Gasteiger charge is -2.16. The first-order valence-electron chi connectivity index (χ1n) is 7.86. The van der Waals surface area contributed by atoms with E-state index >= 15 is 0 Å². The number of halogens is 1. The molecular weight excluding hydrogens is 388 g/mol. The first-order valence-corrected chi connectivity index (χ1v) is 8.65. The summed E-state index contributed by atoms with van der Waals surface area (Å²) in [4.78, 5) is 11.5. The molecule has 5 nitrogen and oxygen atoms in total. The van der Waals surface area contributed by atoms with Crippen molar-refractivity contribution >= 4 is 22.1 Å². The molecule has 0 bridgehead atoms. The fraction of sp³-hybridized carbons (Fsp3) is 0.316. The Bertz CT molecular complexity index is 758. The van der Waals surface area contributed by atoms with E-state index in [-0.39, 0.29) is 6.61 Å². The van der Waals surface area contributed by atoms with Crippen molar-refractivity contribution in [1.29, 1.82) is 0 Å². The highest BCUT2D eigenvalue weighted by molar-refractivity contribution is 9.10. The van der Waals surface area contributed by atoms with Gasteiger partial charge >= 0.3 is 6.16 Å². The van der Waals surface area contributed by atoms with Gasteiger partial charge in [-0.3, -0.25) is 0 Å². The summed E-state index contributed by atoms with van der Waals surface area (Å²) < 4.78 is 22.2. The van der Waals surface area contributed by atoms with Gasteiger partial charge in [-0.2, -0.15) is 0 Å². The number of carbonyl (C=O) groups is 1. The number of benzene rings is 2. The highest BCUT2D eigenvalue weighted by Gasteiger charge is 2.16. The molecule has 2 aromatic carbocycles. The minimum absolute atomic E-state index is 0.184. The summed E-state index contributed by atoms with van der Waals surface area (Å²) >= 11 is 3.51. The summed E-state index contributed by atoms with van der Waals surface area (Å²) in [5, 5.41) is 0. The van der Waals surface area contributed by atoms with Crippen LogP contribution >= 0.6 is 15.9 Å². The molecule has 0 unspecified atom stereocenters. The summed E-state index contributed by atoms with van der Waals surface area (Å²) in [6.07, 6.45) is -0.790. The van der Waals surface area contributed by atoms with Crippen molar-refractivity contribution in [3.05, 3.63) is 51.5 Å². The van der Waals surface area contributed by atoms with Gasteiger partial charge in [0.25, 0.3) is 0 Å². The van der Waals surface area contributed by atoms with Crippen molar-refractivity contribution < 1.29 is 23.7 Å². The third kappa shape index (κ3) is 4.89. The third-order valence-electron chi connectivity index (χ3n) is 3.67. The van der Waals surface area contributed by atoms with E-state index in [4.69, 9.17) is 14.2 Å². The zero-order chi connectivity index (χ0) is 18.4. The molecule has 0 N–H and O–H groups in total. The molecule has 0 fully saturated rings. The minimum atomic E-state index is -0.790. The number of hydrogen-bond acceptors (Lipinski definition) is 5. The van der Waals surface area contributed by atoms with E-state index in [0.29, 0.717) is 29.4 Å². The molecule has 2 rings (SSSR count). The van der Waals surface area contributed by atoms with Gasteiger partial charge in [-0.15, -0.1) is 0 Å². The summed E-state index contributed by atoms with van der Waals surface area (Å²) in [6, 6.07) is 9.20. The lowest BCUT2D eigenvalue weighted by atomic mass is 10.1. The third-order valence-corrected chi connectivity index (χ3v) is 4.29. The van der Waals surface area contributed by atoms with Crippen LogP contribution in [0.2, 0.25) is 0 Å². The van der Waals surface area contributed by atoms with Gasteiger partial charge in [-0.25, -0.2) is 4.79 Å². The van der Waals surface area contributed by atoms with E-state index in [9.17, 15) is 4.79 Å². The van der Waals surface area contributed by atoms with E-state index in [1.54, 1.807) is 12.1 Å². The Balaban J connectivity index is 2.30. The molecular formula is C19H21BrO5. The van der Waals surface area contributed by atoms with Crippen molar-refractivity contribution in [1.82, 2.24) is 0 Å². The summed E-state index contributed by atoms with van der Waals surface area (Å²) in [5.74, 6) is 1.65. The Hall–Kier alpha value is -2.21. The molecule has 0 aliphatic heterocycles. The van der Waals surface area contributed by atoms with Gasteiger partial charge in [0.1, 0.15) is 23.9 Å². The molecule has 0 atom stereocenters. The molecule has 0 aromatic heterocycles. The standard InChI is InChI=1S/C19H21BrO5/c1-5-23-16-7-6-8-17(25-19(21)22-4)14(16)11-24-18-10-13(3)12(2)9-15(18)20/h6-10H,5,11H2,1-4H3. The van der Waals surface area contributed by atoms with Gasteiger partial charge in [0, 0.05) is 0 Å². The lowest BCUT2D eigenvalue weighted by Crippen LogP contribution is -2.11. The Labute approximate surface area is 156 Å². The number of methoxy groups -OCH3 is 1. The lowest BCUT2D eigenvalue weighted by molar-refractivity contribution is 0.120. The van der Waals surface area contributed by atoms with Crippen molar-refractivity contribution in [2.75, 3.05) is 13.7 Å². The first kappa shape index (κ1) is 19.1. The Kier molecular flexibility index (Phi) is 6.70. The second-order valence-corrected chi connectivity index (χ2v) is 6.23. The second-order valence-electron chi connectivity index (χ2n) is 5.38. The molecule has 0 saturated carbocycles. The van der Waals surface area contributed by atoms with Crippen molar-refractivity contribution in [2.24, 2.45) is 0 Å². The smallest absolute Gasteiger partial charge is 0.493 e. The van der Waals surface area contributed by atoms with Crippen LogP contribution in [0.1, 0.15) is 23.6 Å². The van der Waals surface area contributed by atoms with Gasteiger partial charge < -0.3 is 18.9 Å². The topological polar surface area (TPSA) is 54.0 Å². The van der Waals surface area contributed by atoms with E-state index in [1.807, 2.05) is 39.0 Å². The molecule has 2 aromatic rings. The van der Waals surface area contributed by atoms with Crippen LogP contribution in [-0.4, -0.2) is 19.9 Å². The molecule has 0 spiro atoms. The van der Waals surface area contributed by atoms with Crippen LogP contribution < -0.4 is 14.2 Å². The predicted octanol–water partition coefficient (Wildman–Crippen LogP) is 5.19. The highest BCUT2D eigenvalue weighted by Crippen LogP contribution is 2.33. The Morgan fingerprint density at radius 3 is 2.40 bits per heavy atom. The first-order chi connectivity index (χ1) is 12.0. The van der Waals surface area contributed by atoms with Gasteiger partial charge in [-0.05, 0) is 72.1 Å². The molecule has 0 radical (unpaired) electrons. The molecule has 134 valence electrons. The van der Waals surface area contributed by atoms with Crippen molar-refractivity contribution in [2.45, 2.75) is 27.4 Å². The maximum atomic E-state index is 11.5. The van der Waals surface area contributed by atoms with Crippen LogP contribution in [0, 0.1) is 13.8 Å².